The summed E-state index contributed by atoms with van der Waals surface area (Å²) in [6, 6.07) is 13.0. The van der Waals surface area contributed by atoms with Crippen molar-refractivity contribution in [2.45, 2.75) is 25.7 Å². The Morgan fingerprint density at radius 1 is 1.07 bits per heavy atom. The minimum absolute atomic E-state index is 0.104. The van der Waals surface area contributed by atoms with E-state index >= 15 is 0 Å². The van der Waals surface area contributed by atoms with Crippen molar-refractivity contribution in [2.24, 2.45) is 5.92 Å². The molecule has 6 nitrogen and oxygen atoms in total. The van der Waals surface area contributed by atoms with Crippen molar-refractivity contribution in [1.29, 1.82) is 0 Å². The van der Waals surface area contributed by atoms with Crippen molar-refractivity contribution >= 4 is 17.5 Å². The van der Waals surface area contributed by atoms with Gasteiger partial charge in [-0.3, -0.25) is 4.79 Å². The van der Waals surface area contributed by atoms with E-state index < -0.39 is 5.97 Å². The van der Waals surface area contributed by atoms with Crippen LogP contribution in [-0.4, -0.2) is 44.4 Å². The number of imidazole rings is 1. The quantitative estimate of drug-likeness (QED) is 0.742. The Labute approximate surface area is 163 Å². The average molecular weight is 377 g/mol. The van der Waals surface area contributed by atoms with Crippen LogP contribution in [0.15, 0.2) is 54.9 Å². The van der Waals surface area contributed by atoms with Gasteiger partial charge in [0.15, 0.2) is 0 Å². The molecule has 0 aliphatic carbocycles. The highest BCUT2D eigenvalue weighted by Crippen LogP contribution is 2.24. The molecule has 1 saturated heterocycles. The Balaban J connectivity index is 1.33. The lowest BCUT2D eigenvalue weighted by Gasteiger charge is -2.32. The summed E-state index contributed by atoms with van der Waals surface area (Å²) in [6.45, 7) is 1.43. The molecule has 3 heterocycles. The minimum atomic E-state index is -0.879. The minimum Gasteiger partial charge on any atom is -0.478 e. The van der Waals surface area contributed by atoms with E-state index in [1.807, 2.05) is 52.0 Å². The molecule has 0 bridgehead atoms. The number of pyridine rings is 1. The van der Waals surface area contributed by atoms with E-state index in [1.165, 1.54) is 0 Å². The first-order chi connectivity index (χ1) is 13.6. The van der Waals surface area contributed by atoms with Crippen LogP contribution < -0.4 is 0 Å². The van der Waals surface area contributed by atoms with E-state index in [-0.39, 0.29) is 5.91 Å². The third kappa shape index (κ3) is 3.91. The molecular formula is C22H23N3O3. The Morgan fingerprint density at radius 3 is 2.57 bits per heavy atom. The van der Waals surface area contributed by atoms with Crippen molar-refractivity contribution < 1.29 is 14.7 Å². The number of benzene rings is 1. The Morgan fingerprint density at radius 2 is 1.82 bits per heavy atom. The molecule has 0 saturated carbocycles. The van der Waals surface area contributed by atoms with E-state index in [9.17, 15) is 14.7 Å². The highest BCUT2D eigenvalue weighted by molar-refractivity contribution is 5.89. The summed E-state index contributed by atoms with van der Waals surface area (Å²) in [4.78, 5) is 30.4. The highest BCUT2D eigenvalue weighted by atomic mass is 16.4. The molecule has 1 aromatic carbocycles. The summed E-state index contributed by atoms with van der Waals surface area (Å²) in [5.41, 5.74) is 2.90. The van der Waals surface area contributed by atoms with Crippen molar-refractivity contribution in [3.63, 3.8) is 0 Å². The number of piperidine rings is 1. The number of aromatic carboxylic acids is 1. The fraction of sp³-hybridized carbons (Fsp3) is 0.318. The summed E-state index contributed by atoms with van der Waals surface area (Å²) in [5.74, 6) is -0.372. The van der Waals surface area contributed by atoms with Crippen LogP contribution in [0.4, 0.5) is 0 Å². The fourth-order valence-corrected chi connectivity index (χ4v) is 3.94. The molecule has 1 aliphatic heterocycles. The van der Waals surface area contributed by atoms with Crippen LogP contribution in [0.25, 0.3) is 5.65 Å². The van der Waals surface area contributed by atoms with Gasteiger partial charge in [0.2, 0.25) is 5.91 Å². The zero-order chi connectivity index (χ0) is 19.5. The number of amides is 1. The van der Waals surface area contributed by atoms with E-state index in [0.717, 1.165) is 36.2 Å². The zero-order valence-corrected chi connectivity index (χ0v) is 15.6. The van der Waals surface area contributed by atoms with Crippen LogP contribution >= 0.6 is 0 Å². The van der Waals surface area contributed by atoms with Gasteiger partial charge in [0.25, 0.3) is 0 Å². The number of likely N-dealkylation sites (tertiary alicyclic amines) is 1. The number of aromatic nitrogens is 2. The van der Waals surface area contributed by atoms with Gasteiger partial charge in [-0.25, -0.2) is 9.78 Å². The van der Waals surface area contributed by atoms with E-state index in [4.69, 9.17) is 0 Å². The summed E-state index contributed by atoms with van der Waals surface area (Å²) in [6.07, 6.45) is 6.68. The number of carbonyl (C=O) groups excluding carboxylic acids is 1. The number of hydrogen-bond donors (Lipinski definition) is 1. The van der Waals surface area contributed by atoms with Crippen LogP contribution in [0, 0.1) is 5.92 Å². The van der Waals surface area contributed by atoms with Gasteiger partial charge >= 0.3 is 5.97 Å². The number of hydrogen-bond acceptors (Lipinski definition) is 3. The number of carboxylic acid groups (broad SMARTS) is 1. The zero-order valence-electron chi connectivity index (χ0n) is 15.6. The predicted octanol–water partition coefficient (Wildman–Crippen LogP) is 3.06. The maximum atomic E-state index is 12.7. The Bertz CT molecular complexity index is 970. The molecule has 0 atom stereocenters. The van der Waals surface area contributed by atoms with Crippen molar-refractivity contribution in [1.82, 2.24) is 14.3 Å². The van der Waals surface area contributed by atoms with Gasteiger partial charge in [0.1, 0.15) is 5.65 Å². The molecule has 0 radical (unpaired) electrons. The second-order valence-corrected chi connectivity index (χ2v) is 7.37. The predicted molar refractivity (Wildman–Crippen MR) is 105 cm³/mol. The summed E-state index contributed by atoms with van der Waals surface area (Å²) >= 11 is 0. The van der Waals surface area contributed by atoms with Gasteiger partial charge in [0.05, 0.1) is 17.7 Å². The monoisotopic (exact) mass is 377 g/mol. The summed E-state index contributed by atoms with van der Waals surface area (Å²) in [7, 11) is 0. The summed E-state index contributed by atoms with van der Waals surface area (Å²) in [5, 5.41) is 9.34. The molecule has 0 spiro atoms. The largest absolute Gasteiger partial charge is 0.478 e. The standard InChI is InChI=1S/C22H23N3O3/c26-21(14-18-15-25-10-4-3-7-20(25)23-18)24-11-8-16(9-12-24)13-17-5-1-2-6-19(17)22(27)28/h1-7,10,15-16H,8-9,11-14H2,(H,27,28). The number of nitrogens with zero attached hydrogens (tertiary/aromatic N) is 3. The molecule has 6 heteroatoms. The highest BCUT2D eigenvalue weighted by Gasteiger charge is 2.24. The second-order valence-electron chi connectivity index (χ2n) is 7.37. The first kappa shape index (κ1) is 18.2. The molecule has 4 rings (SSSR count). The van der Waals surface area contributed by atoms with Crippen molar-refractivity contribution in [2.75, 3.05) is 13.1 Å². The molecule has 1 amide bonds. The normalized spacial score (nSPS) is 15.1. The summed E-state index contributed by atoms with van der Waals surface area (Å²) < 4.78 is 1.93. The van der Waals surface area contributed by atoms with Gasteiger partial charge in [0, 0.05) is 25.5 Å². The van der Waals surface area contributed by atoms with E-state index in [2.05, 4.69) is 4.98 Å². The van der Waals surface area contributed by atoms with Gasteiger partial charge < -0.3 is 14.4 Å². The van der Waals surface area contributed by atoms with Crippen molar-refractivity contribution in [3.8, 4) is 0 Å². The van der Waals surface area contributed by atoms with Crippen LogP contribution in [-0.2, 0) is 17.6 Å². The molecule has 144 valence electrons. The Kier molecular flexibility index (Phi) is 5.10. The SMILES string of the molecule is O=C(O)c1ccccc1CC1CCN(C(=O)Cc2cn3ccccc3n2)CC1. The molecular weight excluding hydrogens is 354 g/mol. The van der Waals surface area contributed by atoms with Gasteiger partial charge in [-0.15, -0.1) is 0 Å². The third-order valence-corrected chi connectivity index (χ3v) is 5.47. The first-order valence-corrected chi connectivity index (χ1v) is 9.62. The lowest BCUT2D eigenvalue weighted by molar-refractivity contribution is -0.131. The van der Waals surface area contributed by atoms with Gasteiger partial charge in [-0.05, 0) is 48.9 Å². The Hall–Kier alpha value is -3.15. The molecule has 1 fully saturated rings. The number of rotatable bonds is 5. The number of carbonyl (C=O) groups is 2. The number of carboxylic acids is 1. The molecule has 1 N–H and O–H groups in total. The van der Waals surface area contributed by atoms with Gasteiger partial charge in [-0.2, -0.15) is 0 Å². The average Bonchev–Trinajstić information content (AvgIpc) is 3.11. The molecule has 28 heavy (non-hydrogen) atoms. The lowest BCUT2D eigenvalue weighted by Crippen LogP contribution is -2.39. The first-order valence-electron chi connectivity index (χ1n) is 9.62. The van der Waals surface area contributed by atoms with E-state index in [1.54, 1.807) is 12.1 Å². The van der Waals surface area contributed by atoms with Crippen molar-refractivity contribution in [3.05, 3.63) is 71.7 Å². The van der Waals surface area contributed by atoms with Gasteiger partial charge in [-0.1, -0.05) is 24.3 Å². The van der Waals surface area contributed by atoms with E-state index in [0.29, 0.717) is 31.0 Å². The lowest BCUT2D eigenvalue weighted by atomic mass is 9.88. The van der Waals surface area contributed by atoms with Crippen LogP contribution in [0.5, 0.6) is 0 Å². The van der Waals surface area contributed by atoms with Crippen LogP contribution in [0.1, 0.15) is 34.5 Å². The topological polar surface area (TPSA) is 74.9 Å². The molecule has 2 aromatic heterocycles. The fourth-order valence-electron chi connectivity index (χ4n) is 3.94. The number of fused-ring (bicyclic) bond motifs is 1. The molecule has 0 unspecified atom stereocenters. The second kappa shape index (κ2) is 7.84. The third-order valence-electron chi connectivity index (χ3n) is 5.47. The maximum Gasteiger partial charge on any atom is 0.335 e. The van der Waals surface area contributed by atoms with Crippen LogP contribution in [0.2, 0.25) is 0 Å². The molecule has 1 aliphatic rings. The smallest absolute Gasteiger partial charge is 0.335 e. The molecule has 3 aromatic rings. The van der Waals surface area contributed by atoms with Crippen LogP contribution in [0.3, 0.4) is 0 Å². The maximum absolute atomic E-state index is 12.7.